The molecule has 0 spiro atoms. The molecule has 2 aromatic rings. The SMILES string of the molecule is O=S(=O)(NCCc1cc2ccccc2o1)C1CCOCC1. The van der Waals surface area contributed by atoms with E-state index in [1.54, 1.807) is 0 Å². The predicted octanol–water partition coefficient (Wildman–Crippen LogP) is 2.07. The third-order valence-electron chi connectivity index (χ3n) is 3.76. The number of para-hydroxylation sites is 1. The minimum Gasteiger partial charge on any atom is -0.461 e. The molecule has 0 aliphatic carbocycles. The first-order chi connectivity index (χ1) is 10.1. The third-order valence-corrected chi connectivity index (χ3v) is 5.71. The van der Waals surface area contributed by atoms with E-state index in [0.717, 1.165) is 16.7 Å². The molecular formula is C15H19NO4S. The van der Waals surface area contributed by atoms with Gasteiger partial charge in [-0.1, -0.05) is 18.2 Å². The molecule has 0 bridgehead atoms. The van der Waals surface area contributed by atoms with Crippen LogP contribution in [0.4, 0.5) is 0 Å². The van der Waals surface area contributed by atoms with Gasteiger partial charge < -0.3 is 9.15 Å². The van der Waals surface area contributed by atoms with Crippen molar-refractivity contribution in [3.63, 3.8) is 0 Å². The summed E-state index contributed by atoms with van der Waals surface area (Å²) in [5.74, 6) is 0.797. The second-order valence-corrected chi connectivity index (χ2v) is 7.30. The van der Waals surface area contributed by atoms with Crippen molar-refractivity contribution in [3.8, 4) is 0 Å². The van der Waals surface area contributed by atoms with Gasteiger partial charge in [-0.15, -0.1) is 0 Å². The molecule has 0 amide bonds. The Morgan fingerprint density at radius 2 is 1.95 bits per heavy atom. The lowest BCUT2D eigenvalue weighted by Crippen LogP contribution is -2.38. The van der Waals surface area contributed by atoms with Crippen LogP contribution in [0.5, 0.6) is 0 Å². The molecule has 1 aromatic carbocycles. The quantitative estimate of drug-likeness (QED) is 0.918. The summed E-state index contributed by atoms with van der Waals surface area (Å²) in [5, 5.41) is 0.710. The molecule has 5 nitrogen and oxygen atoms in total. The smallest absolute Gasteiger partial charge is 0.214 e. The summed E-state index contributed by atoms with van der Waals surface area (Å²) in [5.41, 5.74) is 0.833. The van der Waals surface area contributed by atoms with Gasteiger partial charge in [0, 0.05) is 31.6 Å². The zero-order chi connectivity index (χ0) is 14.7. The molecule has 0 radical (unpaired) electrons. The van der Waals surface area contributed by atoms with E-state index in [9.17, 15) is 8.42 Å². The van der Waals surface area contributed by atoms with Crippen LogP contribution in [0.2, 0.25) is 0 Å². The van der Waals surface area contributed by atoms with Gasteiger partial charge in [0.15, 0.2) is 0 Å². The lowest BCUT2D eigenvalue weighted by atomic mass is 10.2. The molecule has 114 valence electrons. The zero-order valence-corrected chi connectivity index (χ0v) is 12.6. The number of benzene rings is 1. The van der Waals surface area contributed by atoms with Gasteiger partial charge in [-0.05, 0) is 25.0 Å². The second kappa shape index (κ2) is 6.17. The fourth-order valence-electron chi connectivity index (χ4n) is 2.58. The molecule has 1 saturated heterocycles. The van der Waals surface area contributed by atoms with Crippen molar-refractivity contribution in [2.45, 2.75) is 24.5 Å². The third kappa shape index (κ3) is 3.45. The molecule has 1 aliphatic heterocycles. The van der Waals surface area contributed by atoms with Crippen LogP contribution in [0.25, 0.3) is 11.0 Å². The van der Waals surface area contributed by atoms with Crippen LogP contribution in [0.1, 0.15) is 18.6 Å². The number of furan rings is 1. The van der Waals surface area contributed by atoms with Gasteiger partial charge in [0.1, 0.15) is 11.3 Å². The van der Waals surface area contributed by atoms with E-state index in [1.807, 2.05) is 30.3 Å². The summed E-state index contributed by atoms with van der Waals surface area (Å²) in [7, 11) is -3.26. The molecule has 21 heavy (non-hydrogen) atoms. The Hall–Kier alpha value is -1.37. The van der Waals surface area contributed by atoms with Crippen molar-refractivity contribution in [2.24, 2.45) is 0 Å². The van der Waals surface area contributed by atoms with E-state index in [-0.39, 0.29) is 5.25 Å². The van der Waals surface area contributed by atoms with Crippen molar-refractivity contribution in [1.29, 1.82) is 0 Å². The Morgan fingerprint density at radius 1 is 1.19 bits per heavy atom. The van der Waals surface area contributed by atoms with Crippen molar-refractivity contribution in [2.75, 3.05) is 19.8 Å². The first-order valence-corrected chi connectivity index (χ1v) is 8.73. The summed E-state index contributed by atoms with van der Waals surface area (Å²) in [6.07, 6.45) is 1.69. The average molecular weight is 309 g/mol. The van der Waals surface area contributed by atoms with E-state index in [1.165, 1.54) is 0 Å². The number of rotatable bonds is 5. The average Bonchev–Trinajstić information content (AvgIpc) is 2.90. The monoisotopic (exact) mass is 309 g/mol. The van der Waals surface area contributed by atoms with E-state index >= 15 is 0 Å². The summed E-state index contributed by atoms with van der Waals surface area (Å²) < 4.78 is 37.8. The van der Waals surface area contributed by atoms with Gasteiger partial charge in [-0.2, -0.15) is 0 Å². The van der Waals surface area contributed by atoms with Crippen LogP contribution < -0.4 is 4.72 Å². The molecule has 6 heteroatoms. The highest BCUT2D eigenvalue weighted by Gasteiger charge is 2.27. The van der Waals surface area contributed by atoms with E-state index in [2.05, 4.69) is 4.72 Å². The molecular weight excluding hydrogens is 290 g/mol. The van der Waals surface area contributed by atoms with E-state index in [4.69, 9.17) is 9.15 Å². The minimum absolute atomic E-state index is 0.332. The summed E-state index contributed by atoms with van der Waals surface area (Å²) in [4.78, 5) is 0. The fraction of sp³-hybridized carbons (Fsp3) is 0.467. The Balaban J connectivity index is 1.57. The number of hydrogen-bond donors (Lipinski definition) is 1. The van der Waals surface area contributed by atoms with Crippen molar-refractivity contribution in [3.05, 3.63) is 36.1 Å². The zero-order valence-electron chi connectivity index (χ0n) is 11.7. The van der Waals surface area contributed by atoms with Gasteiger partial charge in [0.25, 0.3) is 0 Å². The first-order valence-electron chi connectivity index (χ1n) is 7.19. The Bertz CT molecular complexity index is 668. The van der Waals surface area contributed by atoms with E-state index in [0.29, 0.717) is 39.0 Å². The minimum atomic E-state index is -3.26. The molecule has 1 fully saturated rings. The Labute approximate surface area is 124 Å². The highest BCUT2D eigenvalue weighted by atomic mass is 32.2. The van der Waals surface area contributed by atoms with Crippen LogP contribution >= 0.6 is 0 Å². The standard InChI is InChI=1S/C15H19NO4S/c17-21(18,14-6-9-19-10-7-14)16-8-5-13-11-12-3-1-2-4-15(12)20-13/h1-4,11,14,16H,5-10H2. The van der Waals surface area contributed by atoms with Gasteiger partial charge in [-0.25, -0.2) is 13.1 Å². The lowest BCUT2D eigenvalue weighted by Gasteiger charge is -2.22. The highest BCUT2D eigenvalue weighted by Crippen LogP contribution is 2.19. The number of sulfonamides is 1. The number of ether oxygens (including phenoxy) is 1. The van der Waals surface area contributed by atoms with Crippen LogP contribution in [-0.2, 0) is 21.2 Å². The second-order valence-electron chi connectivity index (χ2n) is 5.25. The number of nitrogens with one attached hydrogen (secondary N) is 1. The predicted molar refractivity (Wildman–Crippen MR) is 80.7 cm³/mol. The van der Waals surface area contributed by atoms with E-state index < -0.39 is 10.0 Å². The van der Waals surface area contributed by atoms with Gasteiger partial charge in [-0.3, -0.25) is 0 Å². The molecule has 1 aromatic heterocycles. The first kappa shape index (κ1) is 14.6. The molecule has 0 saturated carbocycles. The summed E-state index contributed by atoms with van der Waals surface area (Å²) in [6, 6.07) is 9.72. The lowest BCUT2D eigenvalue weighted by molar-refractivity contribution is 0.0981. The summed E-state index contributed by atoms with van der Waals surface area (Å²) >= 11 is 0. The molecule has 1 aliphatic rings. The fourth-order valence-corrected chi connectivity index (χ4v) is 4.02. The van der Waals surface area contributed by atoms with Crippen molar-refractivity contribution < 1.29 is 17.6 Å². The van der Waals surface area contributed by atoms with Crippen LogP contribution in [-0.4, -0.2) is 33.4 Å². The van der Waals surface area contributed by atoms with Gasteiger partial charge in [0.2, 0.25) is 10.0 Å². The van der Waals surface area contributed by atoms with Crippen LogP contribution in [0.3, 0.4) is 0 Å². The topological polar surface area (TPSA) is 68.5 Å². The van der Waals surface area contributed by atoms with Crippen molar-refractivity contribution >= 4 is 21.0 Å². The largest absolute Gasteiger partial charge is 0.461 e. The number of hydrogen-bond acceptors (Lipinski definition) is 4. The maximum absolute atomic E-state index is 12.2. The summed E-state index contributed by atoms with van der Waals surface area (Å²) in [6.45, 7) is 1.41. The van der Waals surface area contributed by atoms with Crippen LogP contribution in [0.15, 0.2) is 34.7 Å². The molecule has 3 rings (SSSR count). The Morgan fingerprint density at radius 3 is 2.71 bits per heavy atom. The van der Waals surface area contributed by atoms with Gasteiger partial charge in [0.05, 0.1) is 5.25 Å². The van der Waals surface area contributed by atoms with Gasteiger partial charge >= 0.3 is 0 Å². The molecule has 0 atom stereocenters. The maximum Gasteiger partial charge on any atom is 0.214 e. The van der Waals surface area contributed by atoms with Crippen molar-refractivity contribution in [1.82, 2.24) is 4.72 Å². The molecule has 1 N–H and O–H groups in total. The normalized spacial score (nSPS) is 17.3. The highest BCUT2D eigenvalue weighted by molar-refractivity contribution is 7.90. The molecule has 2 heterocycles. The Kier molecular flexibility index (Phi) is 4.28. The maximum atomic E-state index is 12.2. The van der Waals surface area contributed by atoms with Crippen LogP contribution in [0, 0.1) is 0 Å². The number of fused-ring (bicyclic) bond motifs is 1. The molecule has 0 unspecified atom stereocenters.